The van der Waals surface area contributed by atoms with E-state index in [2.05, 4.69) is 22.8 Å². The van der Waals surface area contributed by atoms with Crippen LogP contribution in [0.5, 0.6) is 0 Å². The zero-order valence-electron chi connectivity index (χ0n) is 12.1. The summed E-state index contributed by atoms with van der Waals surface area (Å²) in [5.41, 5.74) is 1.77. The molecule has 0 radical (unpaired) electrons. The Balaban J connectivity index is 1.65. The predicted molar refractivity (Wildman–Crippen MR) is 81.8 cm³/mol. The van der Waals surface area contributed by atoms with Crippen LogP contribution in [-0.2, 0) is 0 Å². The molecule has 3 rings (SSSR count). The average Bonchev–Trinajstić information content (AvgIpc) is 2.77. The highest BCUT2D eigenvalue weighted by molar-refractivity contribution is 5.95. The number of carbonyl (C=O) groups is 1. The lowest BCUT2D eigenvalue weighted by molar-refractivity contribution is 0.0943. The molecule has 2 aliphatic carbocycles. The van der Waals surface area contributed by atoms with Crippen molar-refractivity contribution in [3.8, 4) is 0 Å². The first-order chi connectivity index (χ1) is 9.63. The Bertz CT molecular complexity index is 536. The summed E-state index contributed by atoms with van der Waals surface area (Å²) in [5, 5.41) is 6.49. The fourth-order valence-electron chi connectivity index (χ4n) is 3.19. The molecule has 0 saturated heterocycles. The Labute approximate surface area is 120 Å². The lowest BCUT2D eigenvalue weighted by atomic mass is 9.71. The van der Waals surface area contributed by atoms with Crippen LogP contribution in [0.2, 0.25) is 0 Å². The lowest BCUT2D eigenvalue weighted by Gasteiger charge is -2.41. The first kappa shape index (κ1) is 13.2. The molecule has 0 spiro atoms. The fraction of sp³-hybridized carbons (Fsp3) is 0.471. The van der Waals surface area contributed by atoms with Gasteiger partial charge in [-0.25, -0.2) is 0 Å². The topological polar surface area (TPSA) is 41.1 Å². The summed E-state index contributed by atoms with van der Waals surface area (Å²) in [7, 11) is 0. The van der Waals surface area contributed by atoms with E-state index in [1.165, 1.54) is 12.8 Å². The average molecular weight is 270 g/mol. The zero-order chi connectivity index (χ0) is 14.1. The summed E-state index contributed by atoms with van der Waals surface area (Å²) >= 11 is 0. The van der Waals surface area contributed by atoms with Gasteiger partial charge in [-0.1, -0.05) is 18.2 Å². The Kier molecular flexibility index (Phi) is 3.51. The van der Waals surface area contributed by atoms with Gasteiger partial charge in [0.15, 0.2) is 0 Å². The van der Waals surface area contributed by atoms with E-state index >= 15 is 0 Å². The maximum Gasteiger partial charge on any atom is 0.251 e. The van der Waals surface area contributed by atoms with Crippen LogP contribution in [0.25, 0.3) is 0 Å². The van der Waals surface area contributed by atoms with E-state index in [0.29, 0.717) is 12.0 Å². The number of anilines is 1. The van der Waals surface area contributed by atoms with Crippen LogP contribution in [-0.4, -0.2) is 18.0 Å². The molecular weight excluding hydrogens is 248 g/mol. The molecule has 1 fully saturated rings. The molecule has 0 aromatic heterocycles. The van der Waals surface area contributed by atoms with Crippen LogP contribution in [0.4, 0.5) is 5.69 Å². The first-order valence-electron chi connectivity index (χ1n) is 7.47. The second kappa shape index (κ2) is 5.31. The standard InChI is InChI=1S/C17H22N2O/c1-11(2)18-17(20)13-6-3-7-14(9-13)19-16-10-12-5-4-8-15(12)16/h3-4,6-9,11-12,15-16,19H,5,10H2,1-2H3,(H,18,20). The van der Waals surface area contributed by atoms with Crippen molar-refractivity contribution in [2.24, 2.45) is 11.8 Å². The Morgan fingerprint density at radius 2 is 2.20 bits per heavy atom. The van der Waals surface area contributed by atoms with Crippen LogP contribution in [0.3, 0.4) is 0 Å². The largest absolute Gasteiger partial charge is 0.382 e. The molecular formula is C17H22N2O. The summed E-state index contributed by atoms with van der Waals surface area (Å²) in [6.45, 7) is 3.95. The van der Waals surface area contributed by atoms with E-state index in [1.54, 1.807) is 0 Å². The predicted octanol–water partition coefficient (Wildman–Crippen LogP) is 3.20. The van der Waals surface area contributed by atoms with Crippen molar-refractivity contribution in [2.45, 2.75) is 38.8 Å². The van der Waals surface area contributed by atoms with Gasteiger partial charge in [-0.2, -0.15) is 0 Å². The molecule has 20 heavy (non-hydrogen) atoms. The molecule has 0 aliphatic heterocycles. The number of amides is 1. The van der Waals surface area contributed by atoms with Crippen LogP contribution in [0.1, 0.15) is 37.0 Å². The minimum Gasteiger partial charge on any atom is -0.382 e. The molecule has 3 atom stereocenters. The highest BCUT2D eigenvalue weighted by Crippen LogP contribution is 2.44. The van der Waals surface area contributed by atoms with Crippen molar-refractivity contribution in [3.05, 3.63) is 42.0 Å². The third-order valence-electron chi connectivity index (χ3n) is 4.26. The number of carbonyl (C=O) groups excluding carboxylic acids is 1. The molecule has 1 aromatic rings. The molecule has 106 valence electrons. The fourth-order valence-corrected chi connectivity index (χ4v) is 3.19. The van der Waals surface area contributed by atoms with Gasteiger partial charge in [0.1, 0.15) is 0 Å². The van der Waals surface area contributed by atoms with Gasteiger partial charge in [-0.05, 0) is 50.8 Å². The molecule has 0 bridgehead atoms. The van der Waals surface area contributed by atoms with Crippen molar-refractivity contribution >= 4 is 11.6 Å². The molecule has 3 unspecified atom stereocenters. The van der Waals surface area contributed by atoms with Gasteiger partial charge in [0.05, 0.1) is 0 Å². The number of fused-ring (bicyclic) bond motifs is 1. The third kappa shape index (κ3) is 2.58. The highest BCUT2D eigenvalue weighted by Gasteiger charge is 2.40. The minimum atomic E-state index is -0.00380. The molecule has 1 aromatic carbocycles. The highest BCUT2D eigenvalue weighted by atomic mass is 16.1. The number of benzene rings is 1. The van der Waals surface area contributed by atoms with E-state index in [-0.39, 0.29) is 11.9 Å². The van der Waals surface area contributed by atoms with Crippen molar-refractivity contribution < 1.29 is 4.79 Å². The maximum absolute atomic E-state index is 12.0. The summed E-state index contributed by atoms with van der Waals surface area (Å²) in [6, 6.07) is 8.49. The zero-order valence-corrected chi connectivity index (χ0v) is 12.1. The number of hydrogen-bond donors (Lipinski definition) is 2. The van der Waals surface area contributed by atoms with Crippen molar-refractivity contribution in [2.75, 3.05) is 5.32 Å². The van der Waals surface area contributed by atoms with E-state index in [1.807, 2.05) is 38.1 Å². The quantitative estimate of drug-likeness (QED) is 0.825. The second-order valence-corrected chi connectivity index (χ2v) is 6.20. The normalized spacial score (nSPS) is 27.1. The van der Waals surface area contributed by atoms with Crippen molar-refractivity contribution in [1.29, 1.82) is 0 Å². The van der Waals surface area contributed by atoms with Gasteiger partial charge < -0.3 is 10.6 Å². The smallest absolute Gasteiger partial charge is 0.251 e. The van der Waals surface area contributed by atoms with Crippen molar-refractivity contribution in [3.63, 3.8) is 0 Å². The van der Waals surface area contributed by atoms with Gasteiger partial charge >= 0.3 is 0 Å². The van der Waals surface area contributed by atoms with Crippen molar-refractivity contribution in [1.82, 2.24) is 5.32 Å². The SMILES string of the molecule is CC(C)NC(=O)c1cccc(NC2CC3CC=CC32)c1. The molecule has 0 heterocycles. The molecule has 2 N–H and O–H groups in total. The molecule has 1 amide bonds. The number of rotatable bonds is 4. The first-order valence-corrected chi connectivity index (χ1v) is 7.47. The van der Waals surface area contributed by atoms with Crippen LogP contribution >= 0.6 is 0 Å². The van der Waals surface area contributed by atoms with E-state index in [9.17, 15) is 4.79 Å². The van der Waals surface area contributed by atoms with Gasteiger partial charge in [-0.3, -0.25) is 4.79 Å². The van der Waals surface area contributed by atoms with Gasteiger partial charge in [0, 0.05) is 29.3 Å². The van der Waals surface area contributed by atoms with E-state index in [4.69, 9.17) is 0 Å². The molecule has 3 heteroatoms. The lowest BCUT2D eigenvalue weighted by Crippen LogP contribution is -2.43. The minimum absolute atomic E-state index is 0.00380. The van der Waals surface area contributed by atoms with Gasteiger partial charge in [0.25, 0.3) is 5.91 Å². The van der Waals surface area contributed by atoms with E-state index in [0.717, 1.165) is 17.2 Å². The summed E-state index contributed by atoms with van der Waals surface area (Å²) in [4.78, 5) is 12.0. The Hall–Kier alpha value is -1.77. The van der Waals surface area contributed by atoms with Crippen LogP contribution in [0, 0.1) is 11.8 Å². The second-order valence-electron chi connectivity index (χ2n) is 6.20. The summed E-state index contributed by atoms with van der Waals surface area (Å²) in [6.07, 6.45) is 7.10. The third-order valence-corrected chi connectivity index (χ3v) is 4.26. The number of nitrogens with one attached hydrogen (secondary N) is 2. The molecule has 3 nitrogen and oxygen atoms in total. The number of hydrogen-bond acceptors (Lipinski definition) is 2. The van der Waals surface area contributed by atoms with E-state index < -0.39 is 0 Å². The summed E-state index contributed by atoms with van der Waals surface area (Å²) in [5.74, 6) is 1.53. The number of allylic oxidation sites excluding steroid dienone is 1. The monoisotopic (exact) mass is 270 g/mol. The molecule has 2 aliphatic rings. The summed E-state index contributed by atoms with van der Waals surface area (Å²) < 4.78 is 0. The van der Waals surface area contributed by atoms with Crippen LogP contribution < -0.4 is 10.6 Å². The van der Waals surface area contributed by atoms with Gasteiger partial charge in [0.2, 0.25) is 0 Å². The Morgan fingerprint density at radius 3 is 2.95 bits per heavy atom. The molecule has 1 saturated carbocycles. The maximum atomic E-state index is 12.0. The van der Waals surface area contributed by atoms with Gasteiger partial charge in [-0.15, -0.1) is 0 Å². The Morgan fingerprint density at radius 1 is 1.35 bits per heavy atom. The van der Waals surface area contributed by atoms with Crippen LogP contribution in [0.15, 0.2) is 36.4 Å².